The van der Waals surface area contributed by atoms with Crippen molar-refractivity contribution in [2.75, 3.05) is 13.2 Å². The number of amides is 1. The molecule has 1 fully saturated rings. The Balaban J connectivity index is 1.28. The summed E-state index contributed by atoms with van der Waals surface area (Å²) in [5.74, 6) is 0.568. The third-order valence-electron chi connectivity index (χ3n) is 9.50. The van der Waals surface area contributed by atoms with Gasteiger partial charge in [-0.3, -0.25) is 19.7 Å². The van der Waals surface area contributed by atoms with Crippen molar-refractivity contribution in [1.29, 1.82) is 5.26 Å². The van der Waals surface area contributed by atoms with Crippen molar-refractivity contribution in [1.82, 2.24) is 10.4 Å². The van der Waals surface area contributed by atoms with Gasteiger partial charge >= 0.3 is 5.97 Å². The molecule has 4 aromatic rings. The van der Waals surface area contributed by atoms with E-state index in [0.29, 0.717) is 54.6 Å². The largest absolute Gasteiger partial charge is 0.494 e. The summed E-state index contributed by atoms with van der Waals surface area (Å²) in [6.45, 7) is 4.12. The van der Waals surface area contributed by atoms with Crippen molar-refractivity contribution in [3.63, 3.8) is 0 Å². The Hall–Kier alpha value is -5.08. The van der Waals surface area contributed by atoms with E-state index < -0.39 is 12.0 Å². The fourth-order valence-corrected chi connectivity index (χ4v) is 6.80. The number of aliphatic carboxylic acids is 1. The van der Waals surface area contributed by atoms with Gasteiger partial charge in [-0.25, -0.2) is 5.48 Å². The highest BCUT2D eigenvalue weighted by atomic mass is 35.5. The van der Waals surface area contributed by atoms with E-state index in [1.807, 2.05) is 47.4 Å². The van der Waals surface area contributed by atoms with Gasteiger partial charge in [0.05, 0.1) is 23.3 Å². The SMILES string of the molecule is Cc1c(COc2cc(OCc3cccc(C#N)c3)c(CN3CCCC[C@@H]3C(=O)O)cc2Cl)cccc1-c1cccc(OCCCCCCC(=O)NO)c1. The molecule has 0 spiro atoms. The fraction of sp³-hybridized carbons (Fsp3) is 0.357. The van der Waals surface area contributed by atoms with Gasteiger partial charge in [-0.05, 0) is 97.3 Å². The van der Waals surface area contributed by atoms with Crippen LogP contribution >= 0.6 is 11.6 Å². The van der Waals surface area contributed by atoms with Gasteiger partial charge < -0.3 is 19.3 Å². The van der Waals surface area contributed by atoms with Gasteiger partial charge in [0.15, 0.2) is 0 Å². The quantitative estimate of drug-likeness (QED) is 0.0520. The molecule has 5 rings (SSSR count). The summed E-state index contributed by atoms with van der Waals surface area (Å²) in [6.07, 6.45) is 6.10. The smallest absolute Gasteiger partial charge is 0.320 e. The average Bonchev–Trinajstić information content (AvgIpc) is 3.17. The van der Waals surface area contributed by atoms with E-state index in [9.17, 15) is 20.0 Å². The fourth-order valence-electron chi connectivity index (χ4n) is 6.56. The van der Waals surface area contributed by atoms with Crippen LogP contribution in [0.2, 0.25) is 5.02 Å². The Morgan fingerprint density at radius 2 is 1.70 bits per heavy atom. The number of carbonyl (C=O) groups excluding carboxylic acids is 1. The highest BCUT2D eigenvalue weighted by molar-refractivity contribution is 6.32. The number of benzene rings is 4. The molecule has 3 N–H and O–H groups in total. The number of rotatable bonds is 18. The number of nitriles is 1. The van der Waals surface area contributed by atoms with Crippen LogP contribution in [0.3, 0.4) is 0 Å². The van der Waals surface area contributed by atoms with E-state index >= 15 is 0 Å². The standard InChI is InChI=1S/C42H46ClN3O7/c1-29-33(14-10-16-36(29)32-13-9-15-35(22-32)51-20-7-3-2-4-18-41(47)45-50)28-53-40-24-39(52-27-31-12-8-11-30(21-31)25-44)34(23-37(40)43)26-46-19-6-5-17-38(46)42(48)49/h8-16,21-24,38,50H,2-7,17-20,26-28H2,1H3,(H,45,47)(H,48,49)/t38-/m1/s1. The topological polar surface area (TPSA) is 141 Å². The highest BCUT2D eigenvalue weighted by Gasteiger charge is 2.29. The number of carbonyl (C=O) groups is 2. The summed E-state index contributed by atoms with van der Waals surface area (Å²) in [5, 5.41) is 28.2. The number of hydrogen-bond acceptors (Lipinski definition) is 8. The molecule has 0 aliphatic carbocycles. The molecule has 4 aromatic carbocycles. The normalized spacial score (nSPS) is 14.3. The second kappa shape index (κ2) is 19.7. The third kappa shape index (κ3) is 11.2. The number of unbranched alkanes of at least 4 members (excludes halogenated alkanes) is 3. The van der Waals surface area contributed by atoms with Gasteiger partial charge in [0.25, 0.3) is 0 Å². The predicted molar refractivity (Wildman–Crippen MR) is 202 cm³/mol. The molecule has 1 heterocycles. The van der Waals surface area contributed by atoms with Crippen molar-refractivity contribution in [3.05, 3.63) is 112 Å². The molecule has 1 amide bonds. The number of ether oxygens (including phenoxy) is 3. The van der Waals surface area contributed by atoms with Crippen molar-refractivity contribution in [3.8, 4) is 34.4 Å². The molecule has 0 aromatic heterocycles. The second-order valence-corrected chi connectivity index (χ2v) is 13.7. The van der Waals surface area contributed by atoms with Crippen LogP contribution in [-0.2, 0) is 29.3 Å². The molecule has 1 saturated heterocycles. The van der Waals surface area contributed by atoms with E-state index in [1.165, 1.54) is 0 Å². The first-order valence-corrected chi connectivity index (χ1v) is 18.4. The summed E-state index contributed by atoms with van der Waals surface area (Å²) in [5.41, 5.74) is 7.91. The van der Waals surface area contributed by atoms with Gasteiger partial charge in [0.2, 0.25) is 5.91 Å². The lowest BCUT2D eigenvalue weighted by Gasteiger charge is -2.33. The minimum Gasteiger partial charge on any atom is -0.494 e. The van der Waals surface area contributed by atoms with E-state index in [2.05, 4.69) is 25.1 Å². The summed E-state index contributed by atoms with van der Waals surface area (Å²) in [4.78, 5) is 25.2. The first kappa shape index (κ1) is 39.1. The van der Waals surface area contributed by atoms with Crippen molar-refractivity contribution in [2.45, 2.75) is 84.1 Å². The number of carboxylic acids is 1. The van der Waals surface area contributed by atoms with Crippen LogP contribution in [0.1, 0.15) is 79.2 Å². The molecule has 10 nitrogen and oxygen atoms in total. The number of nitrogens with one attached hydrogen (secondary N) is 1. The number of piperidine rings is 1. The minimum absolute atomic E-state index is 0.210. The van der Waals surface area contributed by atoms with E-state index in [0.717, 1.165) is 77.7 Å². The lowest BCUT2D eigenvalue weighted by atomic mass is 9.96. The van der Waals surface area contributed by atoms with Crippen LogP contribution in [-0.4, -0.2) is 46.3 Å². The van der Waals surface area contributed by atoms with Crippen molar-refractivity contribution >= 4 is 23.5 Å². The van der Waals surface area contributed by atoms with E-state index in [4.69, 9.17) is 31.0 Å². The van der Waals surface area contributed by atoms with Crippen LogP contribution in [0.4, 0.5) is 0 Å². The predicted octanol–water partition coefficient (Wildman–Crippen LogP) is 8.62. The van der Waals surface area contributed by atoms with Crippen LogP contribution < -0.4 is 19.7 Å². The van der Waals surface area contributed by atoms with Gasteiger partial charge in [0, 0.05) is 24.6 Å². The van der Waals surface area contributed by atoms with Crippen LogP contribution in [0.25, 0.3) is 11.1 Å². The maximum atomic E-state index is 12.0. The van der Waals surface area contributed by atoms with Gasteiger partial charge in [0.1, 0.15) is 36.5 Å². The zero-order valence-corrected chi connectivity index (χ0v) is 30.7. The Bertz CT molecular complexity index is 1910. The molecule has 0 radical (unpaired) electrons. The Labute approximate surface area is 315 Å². The zero-order chi connectivity index (χ0) is 37.6. The Morgan fingerprint density at radius 1 is 0.906 bits per heavy atom. The number of carboxylic acid groups (broad SMARTS) is 1. The maximum absolute atomic E-state index is 12.0. The number of hydroxylamine groups is 1. The van der Waals surface area contributed by atoms with Gasteiger partial charge in [-0.1, -0.05) is 73.3 Å². The Morgan fingerprint density at radius 3 is 2.51 bits per heavy atom. The lowest BCUT2D eigenvalue weighted by Crippen LogP contribution is -2.44. The van der Waals surface area contributed by atoms with Crippen molar-refractivity contribution in [2.24, 2.45) is 0 Å². The molecule has 278 valence electrons. The van der Waals surface area contributed by atoms with E-state index in [-0.39, 0.29) is 19.1 Å². The molecule has 1 atom stereocenters. The third-order valence-corrected chi connectivity index (χ3v) is 9.80. The summed E-state index contributed by atoms with van der Waals surface area (Å²) >= 11 is 6.83. The Kier molecular flexibility index (Phi) is 14.5. The monoisotopic (exact) mass is 739 g/mol. The molecule has 53 heavy (non-hydrogen) atoms. The second-order valence-electron chi connectivity index (χ2n) is 13.3. The number of likely N-dealkylation sites (tertiary alicyclic amines) is 1. The molecular formula is C42H46ClN3O7. The summed E-state index contributed by atoms with van der Waals surface area (Å²) < 4.78 is 18.7. The summed E-state index contributed by atoms with van der Waals surface area (Å²) in [6, 6.07) is 26.5. The molecule has 1 aliphatic rings. The molecule has 0 saturated carbocycles. The number of hydrogen-bond donors (Lipinski definition) is 3. The van der Waals surface area contributed by atoms with Crippen LogP contribution in [0.15, 0.2) is 78.9 Å². The molecule has 0 bridgehead atoms. The maximum Gasteiger partial charge on any atom is 0.320 e. The highest BCUT2D eigenvalue weighted by Crippen LogP contribution is 2.36. The lowest BCUT2D eigenvalue weighted by molar-refractivity contribution is -0.144. The van der Waals surface area contributed by atoms with E-state index in [1.54, 1.807) is 29.7 Å². The van der Waals surface area contributed by atoms with Crippen LogP contribution in [0, 0.1) is 18.3 Å². The summed E-state index contributed by atoms with van der Waals surface area (Å²) in [7, 11) is 0. The zero-order valence-electron chi connectivity index (χ0n) is 30.0. The molecule has 0 unspecified atom stereocenters. The van der Waals surface area contributed by atoms with Crippen LogP contribution in [0.5, 0.6) is 17.2 Å². The number of nitrogens with zero attached hydrogens (tertiary/aromatic N) is 2. The first-order valence-electron chi connectivity index (χ1n) is 18.0. The van der Waals surface area contributed by atoms with Gasteiger partial charge in [-0.15, -0.1) is 0 Å². The number of halogens is 1. The molecular weight excluding hydrogens is 694 g/mol. The molecule has 11 heteroatoms. The minimum atomic E-state index is -0.834. The first-order chi connectivity index (χ1) is 25.7. The van der Waals surface area contributed by atoms with Crippen molar-refractivity contribution < 1.29 is 34.1 Å². The average molecular weight is 740 g/mol. The van der Waals surface area contributed by atoms with Gasteiger partial charge in [-0.2, -0.15) is 5.26 Å². The molecule has 1 aliphatic heterocycles.